The van der Waals surface area contributed by atoms with Crippen molar-refractivity contribution in [2.24, 2.45) is 0 Å². The molecule has 0 bridgehead atoms. The summed E-state index contributed by atoms with van der Waals surface area (Å²) in [6.45, 7) is 5.44. The Morgan fingerprint density at radius 2 is 1.86 bits per heavy atom. The number of benzene rings is 2. The summed E-state index contributed by atoms with van der Waals surface area (Å²) >= 11 is 5.97. The zero-order valence-corrected chi connectivity index (χ0v) is 17.4. The summed E-state index contributed by atoms with van der Waals surface area (Å²) in [6, 6.07) is 12.6. The van der Waals surface area contributed by atoms with Crippen molar-refractivity contribution in [3.8, 4) is 5.75 Å². The van der Waals surface area contributed by atoms with E-state index in [0.29, 0.717) is 6.54 Å². The summed E-state index contributed by atoms with van der Waals surface area (Å²) in [5.74, 6) is 0.218. The van der Waals surface area contributed by atoms with Gasteiger partial charge in [0.05, 0.1) is 13.5 Å². The van der Waals surface area contributed by atoms with E-state index in [4.69, 9.17) is 16.3 Å². The first-order chi connectivity index (χ1) is 14.1. The van der Waals surface area contributed by atoms with E-state index in [1.165, 1.54) is 17.8 Å². The van der Waals surface area contributed by atoms with E-state index in [9.17, 15) is 9.18 Å². The molecule has 3 rings (SSSR count). The third kappa shape index (κ3) is 6.08. The Morgan fingerprint density at radius 3 is 2.52 bits per heavy atom. The molecule has 1 heterocycles. The van der Waals surface area contributed by atoms with Crippen molar-refractivity contribution in [2.75, 3.05) is 51.3 Å². The molecule has 2 aromatic carbocycles. The largest absolute Gasteiger partial charge is 0.497 e. The quantitative estimate of drug-likeness (QED) is 0.666. The highest BCUT2D eigenvalue weighted by Gasteiger charge is 2.17. The molecule has 1 aliphatic rings. The maximum Gasteiger partial charge on any atom is 0.224 e. The van der Waals surface area contributed by atoms with Gasteiger partial charge in [-0.2, -0.15) is 0 Å². The average molecular weight is 420 g/mol. The number of piperazine rings is 1. The molecule has 0 atom stereocenters. The van der Waals surface area contributed by atoms with Crippen molar-refractivity contribution in [3.05, 3.63) is 58.9 Å². The summed E-state index contributed by atoms with van der Waals surface area (Å²) in [4.78, 5) is 16.8. The molecule has 29 heavy (non-hydrogen) atoms. The maximum atomic E-state index is 13.8. The van der Waals surface area contributed by atoms with Crippen LogP contribution in [-0.2, 0) is 11.2 Å². The summed E-state index contributed by atoms with van der Waals surface area (Å²) in [5, 5.41) is 3.14. The van der Waals surface area contributed by atoms with Gasteiger partial charge >= 0.3 is 0 Å². The van der Waals surface area contributed by atoms with Gasteiger partial charge in [-0.15, -0.1) is 0 Å². The highest BCUT2D eigenvalue weighted by molar-refractivity contribution is 6.31. The zero-order chi connectivity index (χ0) is 20.6. The first-order valence-corrected chi connectivity index (χ1v) is 10.3. The minimum atomic E-state index is -0.442. The van der Waals surface area contributed by atoms with Crippen molar-refractivity contribution in [1.29, 1.82) is 0 Å². The number of anilines is 1. The monoisotopic (exact) mass is 419 g/mol. The van der Waals surface area contributed by atoms with Gasteiger partial charge in [0.25, 0.3) is 0 Å². The number of ether oxygens (including phenoxy) is 1. The number of rotatable bonds is 8. The molecule has 7 heteroatoms. The van der Waals surface area contributed by atoms with Gasteiger partial charge in [-0.3, -0.25) is 9.69 Å². The lowest BCUT2D eigenvalue weighted by atomic mass is 10.1. The van der Waals surface area contributed by atoms with Crippen LogP contribution in [0, 0.1) is 5.82 Å². The molecule has 0 spiro atoms. The second-order valence-electron chi connectivity index (χ2n) is 7.11. The third-order valence-corrected chi connectivity index (χ3v) is 5.54. The van der Waals surface area contributed by atoms with Crippen molar-refractivity contribution < 1.29 is 13.9 Å². The Balaban J connectivity index is 1.34. The van der Waals surface area contributed by atoms with Crippen molar-refractivity contribution >= 4 is 23.2 Å². The molecule has 0 unspecified atom stereocenters. The Hall–Kier alpha value is -2.31. The van der Waals surface area contributed by atoms with Crippen LogP contribution in [0.25, 0.3) is 0 Å². The summed E-state index contributed by atoms with van der Waals surface area (Å²) < 4.78 is 19.0. The standard InChI is InChI=1S/C22H27ClFN3O2/c1-29-18-8-6-17(7-9-18)27-14-12-26(13-15-27)11-3-10-25-22(28)16-19-20(23)4-2-5-21(19)24/h2,4-9H,3,10-16H2,1H3,(H,25,28). The fourth-order valence-electron chi connectivity index (χ4n) is 3.48. The second kappa shape index (κ2) is 10.5. The Kier molecular flexibility index (Phi) is 7.72. The molecule has 0 aromatic heterocycles. The van der Waals surface area contributed by atoms with Gasteiger partial charge in [-0.05, 0) is 49.4 Å². The number of hydrogen-bond donors (Lipinski definition) is 1. The highest BCUT2D eigenvalue weighted by Crippen LogP contribution is 2.21. The molecule has 1 N–H and O–H groups in total. The molecule has 1 saturated heterocycles. The van der Waals surface area contributed by atoms with Crippen LogP contribution in [0.15, 0.2) is 42.5 Å². The fourth-order valence-corrected chi connectivity index (χ4v) is 3.71. The Labute approximate surface area is 176 Å². The molecule has 0 radical (unpaired) electrons. The van der Waals surface area contributed by atoms with Crippen molar-refractivity contribution in [3.63, 3.8) is 0 Å². The lowest BCUT2D eigenvalue weighted by Crippen LogP contribution is -2.47. The first kappa shape index (κ1) is 21.4. The number of nitrogens with one attached hydrogen (secondary N) is 1. The predicted octanol–water partition coefficient (Wildman–Crippen LogP) is 3.36. The molecule has 2 aromatic rings. The van der Waals surface area contributed by atoms with Gasteiger partial charge in [0.1, 0.15) is 11.6 Å². The molecule has 1 fully saturated rings. The number of carbonyl (C=O) groups is 1. The van der Waals surface area contributed by atoms with E-state index >= 15 is 0 Å². The summed E-state index contributed by atoms with van der Waals surface area (Å²) in [6.07, 6.45) is 0.825. The lowest BCUT2D eigenvalue weighted by molar-refractivity contribution is -0.120. The van der Waals surface area contributed by atoms with E-state index in [1.54, 1.807) is 13.2 Å². The molecule has 156 valence electrons. The highest BCUT2D eigenvalue weighted by atomic mass is 35.5. The molecule has 0 aliphatic carbocycles. The van der Waals surface area contributed by atoms with Crippen LogP contribution in [0.4, 0.5) is 10.1 Å². The van der Waals surface area contributed by atoms with E-state index in [0.717, 1.165) is 44.9 Å². The average Bonchev–Trinajstić information content (AvgIpc) is 2.74. The lowest BCUT2D eigenvalue weighted by Gasteiger charge is -2.36. The number of halogens is 2. The molecular weight excluding hydrogens is 393 g/mol. The van der Waals surface area contributed by atoms with E-state index in [2.05, 4.69) is 27.2 Å². The number of methoxy groups -OCH3 is 1. The third-order valence-electron chi connectivity index (χ3n) is 5.18. The van der Waals surface area contributed by atoms with Crippen LogP contribution in [-0.4, -0.2) is 57.2 Å². The molecule has 0 saturated carbocycles. The van der Waals surface area contributed by atoms with E-state index in [1.807, 2.05) is 12.1 Å². The van der Waals surface area contributed by atoms with Crippen LogP contribution in [0.2, 0.25) is 5.02 Å². The maximum absolute atomic E-state index is 13.8. The predicted molar refractivity (Wildman–Crippen MR) is 114 cm³/mol. The van der Waals surface area contributed by atoms with Gasteiger partial charge in [-0.1, -0.05) is 17.7 Å². The van der Waals surface area contributed by atoms with Crippen LogP contribution in [0.1, 0.15) is 12.0 Å². The minimum absolute atomic E-state index is 0.0357. The van der Waals surface area contributed by atoms with Gasteiger partial charge in [0.2, 0.25) is 5.91 Å². The van der Waals surface area contributed by atoms with Crippen LogP contribution >= 0.6 is 11.6 Å². The minimum Gasteiger partial charge on any atom is -0.497 e. The van der Waals surface area contributed by atoms with Gasteiger partial charge in [-0.25, -0.2) is 4.39 Å². The van der Waals surface area contributed by atoms with Crippen LogP contribution in [0.5, 0.6) is 5.75 Å². The molecular formula is C22H27ClFN3O2. The Bertz CT molecular complexity index is 788. The zero-order valence-electron chi connectivity index (χ0n) is 16.7. The number of nitrogens with zero attached hydrogens (tertiary/aromatic N) is 2. The van der Waals surface area contributed by atoms with Crippen molar-refractivity contribution in [2.45, 2.75) is 12.8 Å². The smallest absolute Gasteiger partial charge is 0.224 e. The number of amides is 1. The van der Waals surface area contributed by atoms with Gasteiger partial charge in [0, 0.05) is 49.0 Å². The molecule has 1 aliphatic heterocycles. The molecule has 5 nitrogen and oxygen atoms in total. The Morgan fingerprint density at radius 1 is 1.14 bits per heavy atom. The first-order valence-electron chi connectivity index (χ1n) is 9.88. The summed E-state index contributed by atoms with van der Waals surface area (Å²) in [5.41, 5.74) is 1.46. The van der Waals surface area contributed by atoms with E-state index < -0.39 is 5.82 Å². The summed E-state index contributed by atoms with van der Waals surface area (Å²) in [7, 11) is 1.67. The van der Waals surface area contributed by atoms with E-state index in [-0.39, 0.29) is 22.9 Å². The van der Waals surface area contributed by atoms with Gasteiger partial charge in [0.15, 0.2) is 0 Å². The van der Waals surface area contributed by atoms with Crippen LogP contribution < -0.4 is 15.0 Å². The second-order valence-corrected chi connectivity index (χ2v) is 7.51. The molecule has 1 amide bonds. The topological polar surface area (TPSA) is 44.8 Å². The number of hydrogen-bond acceptors (Lipinski definition) is 4. The number of carbonyl (C=O) groups excluding carboxylic acids is 1. The van der Waals surface area contributed by atoms with Crippen LogP contribution in [0.3, 0.4) is 0 Å². The SMILES string of the molecule is COc1ccc(N2CCN(CCCNC(=O)Cc3c(F)cccc3Cl)CC2)cc1. The van der Waals surface area contributed by atoms with Crippen molar-refractivity contribution in [1.82, 2.24) is 10.2 Å². The van der Waals surface area contributed by atoms with Gasteiger partial charge < -0.3 is 15.0 Å². The normalized spacial score (nSPS) is 14.7. The fraction of sp³-hybridized carbons (Fsp3) is 0.409.